The van der Waals surface area contributed by atoms with Gasteiger partial charge in [-0.3, -0.25) is 14.8 Å². The van der Waals surface area contributed by atoms with Crippen LogP contribution in [-0.2, 0) is 28.2 Å². The lowest BCUT2D eigenvalue weighted by molar-refractivity contribution is -0.153. The Morgan fingerprint density at radius 3 is 2.67 bits per heavy atom. The molecule has 0 saturated carbocycles. The molecule has 0 bridgehead atoms. The van der Waals surface area contributed by atoms with Gasteiger partial charge in [-0.1, -0.05) is 23.7 Å². The number of aromatic amines is 1. The van der Waals surface area contributed by atoms with Crippen LogP contribution in [0.3, 0.4) is 0 Å². The van der Waals surface area contributed by atoms with E-state index in [1.165, 1.54) is 12.1 Å². The molecule has 2 fully saturated rings. The van der Waals surface area contributed by atoms with Gasteiger partial charge in [0.1, 0.15) is 11.6 Å². The van der Waals surface area contributed by atoms with E-state index in [1.807, 2.05) is 11.8 Å². The molecular weight excluding hydrogens is 535 g/mol. The van der Waals surface area contributed by atoms with Gasteiger partial charge in [0.15, 0.2) is 17.3 Å². The van der Waals surface area contributed by atoms with Gasteiger partial charge < -0.3 is 15.2 Å². The van der Waals surface area contributed by atoms with Crippen molar-refractivity contribution < 1.29 is 27.8 Å². The van der Waals surface area contributed by atoms with E-state index in [4.69, 9.17) is 16.3 Å². The normalized spacial score (nSPS) is 22.9. The number of carboxylic acids is 1. The third-order valence-corrected chi connectivity index (χ3v) is 7.98. The van der Waals surface area contributed by atoms with E-state index in [2.05, 4.69) is 20.5 Å². The standard InChI is InChI=1S/C27H29ClF3N5O3/c1-15-8-22(35-34-15)33-21-9-18(27(31)13-39-14-27)24(30)20(32-21)11-26(25(37)38)6-7-36(16(2)10-26)12-17-4-3-5-19(28)23(17)29/h3-5,8-9,16H,6-7,10-14H2,1-2H3,(H,37,38)(H2,32,33,34,35). The fourth-order valence-corrected chi connectivity index (χ4v) is 5.58. The van der Waals surface area contributed by atoms with Crippen molar-refractivity contribution in [1.29, 1.82) is 0 Å². The van der Waals surface area contributed by atoms with Crippen LogP contribution in [0.1, 0.15) is 42.3 Å². The number of alkyl halides is 1. The van der Waals surface area contributed by atoms with Crippen molar-refractivity contribution in [2.45, 2.75) is 51.4 Å². The molecule has 2 aliphatic rings. The number of benzene rings is 1. The second kappa shape index (κ2) is 10.4. The molecular formula is C27H29ClF3N5O3. The molecule has 2 atom stereocenters. The van der Waals surface area contributed by atoms with Gasteiger partial charge in [0.2, 0.25) is 0 Å². The molecule has 0 aliphatic carbocycles. The summed E-state index contributed by atoms with van der Waals surface area (Å²) >= 11 is 5.93. The number of halogens is 4. The molecule has 3 N–H and O–H groups in total. The largest absolute Gasteiger partial charge is 0.481 e. The van der Waals surface area contributed by atoms with Crippen molar-refractivity contribution in [2.24, 2.45) is 5.41 Å². The quantitative estimate of drug-likeness (QED) is 0.342. The summed E-state index contributed by atoms with van der Waals surface area (Å²) in [5, 5.41) is 20.2. The van der Waals surface area contributed by atoms with E-state index in [1.54, 1.807) is 25.1 Å². The molecule has 39 heavy (non-hydrogen) atoms. The number of likely N-dealkylation sites (tertiary alicyclic amines) is 1. The monoisotopic (exact) mass is 563 g/mol. The number of aryl methyl sites for hydroxylation is 1. The fraction of sp³-hybridized carbons (Fsp3) is 0.444. The van der Waals surface area contributed by atoms with Crippen LogP contribution in [0.2, 0.25) is 5.02 Å². The van der Waals surface area contributed by atoms with E-state index in [0.29, 0.717) is 17.9 Å². The number of ether oxygens (including phenoxy) is 1. The minimum absolute atomic E-state index is 0.0235. The SMILES string of the molecule is Cc1cc(Nc2cc(C3(F)COC3)c(F)c(CC3(C(=O)O)CCN(Cc4cccc(Cl)c4F)C(C)C3)n2)n[nH]1. The number of pyridine rings is 1. The Morgan fingerprint density at radius 1 is 1.28 bits per heavy atom. The van der Waals surface area contributed by atoms with Crippen LogP contribution >= 0.6 is 11.6 Å². The minimum Gasteiger partial charge on any atom is -0.481 e. The highest BCUT2D eigenvalue weighted by Crippen LogP contribution is 2.42. The van der Waals surface area contributed by atoms with Gasteiger partial charge in [0, 0.05) is 41.9 Å². The van der Waals surface area contributed by atoms with E-state index < -0.39 is 28.7 Å². The second-order valence-electron chi connectivity index (χ2n) is 10.6. The average molecular weight is 564 g/mol. The molecule has 5 rings (SSSR count). The molecule has 4 heterocycles. The summed E-state index contributed by atoms with van der Waals surface area (Å²) in [6.07, 6.45) is 0.101. The fourth-order valence-electron chi connectivity index (χ4n) is 5.39. The molecule has 2 aliphatic heterocycles. The van der Waals surface area contributed by atoms with Gasteiger partial charge in [-0.25, -0.2) is 18.2 Å². The van der Waals surface area contributed by atoms with Crippen LogP contribution in [0.4, 0.5) is 24.8 Å². The van der Waals surface area contributed by atoms with Crippen LogP contribution in [-0.4, -0.2) is 57.0 Å². The first kappa shape index (κ1) is 27.4. The lowest BCUT2D eigenvalue weighted by Gasteiger charge is -2.43. The molecule has 0 radical (unpaired) electrons. The van der Waals surface area contributed by atoms with E-state index in [0.717, 1.165) is 5.69 Å². The summed E-state index contributed by atoms with van der Waals surface area (Å²) in [7, 11) is 0. The zero-order chi connectivity index (χ0) is 27.9. The van der Waals surface area contributed by atoms with Crippen molar-refractivity contribution in [3.8, 4) is 0 Å². The first-order valence-electron chi connectivity index (χ1n) is 12.7. The molecule has 0 amide bonds. The molecule has 208 valence electrons. The summed E-state index contributed by atoms with van der Waals surface area (Å²) < 4.78 is 50.7. The summed E-state index contributed by atoms with van der Waals surface area (Å²) in [6.45, 7) is 3.65. The predicted molar refractivity (Wildman–Crippen MR) is 139 cm³/mol. The maximum Gasteiger partial charge on any atom is 0.310 e. The molecule has 3 aromatic rings. The number of hydrogen-bond acceptors (Lipinski definition) is 6. The number of anilines is 2. The van der Waals surface area contributed by atoms with Gasteiger partial charge in [-0.2, -0.15) is 5.10 Å². The smallest absolute Gasteiger partial charge is 0.310 e. The van der Waals surface area contributed by atoms with Gasteiger partial charge in [0.05, 0.1) is 29.3 Å². The second-order valence-corrected chi connectivity index (χ2v) is 11.0. The molecule has 8 nitrogen and oxygen atoms in total. The summed E-state index contributed by atoms with van der Waals surface area (Å²) in [5.74, 6) is -1.91. The summed E-state index contributed by atoms with van der Waals surface area (Å²) in [4.78, 5) is 19.0. The van der Waals surface area contributed by atoms with Crippen molar-refractivity contribution in [1.82, 2.24) is 20.1 Å². The highest BCUT2D eigenvalue weighted by Gasteiger charge is 2.48. The Balaban J connectivity index is 1.43. The molecule has 1 aromatic carbocycles. The summed E-state index contributed by atoms with van der Waals surface area (Å²) in [5.41, 5.74) is -2.57. The van der Waals surface area contributed by atoms with E-state index in [9.17, 15) is 14.3 Å². The Kier molecular flexibility index (Phi) is 7.34. The van der Waals surface area contributed by atoms with Crippen molar-refractivity contribution >= 4 is 29.2 Å². The van der Waals surface area contributed by atoms with Gasteiger partial charge in [-0.05, 0) is 45.4 Å². The highest BCUT2D eigenvalue weighted by atomic mass is 35.5. The first-order chi connectivity index (χ1) is 18.5. The molecule has 2 unspecified atom stereocenters. The molecule has 12 heteroatoms. The van der Waals surface area contributed by atoms with Crippen LogP contribution in [0.25, 0.3) is 0 Å². The van der Waals surface area contributed by atoms with Gasteiger partial charge in [0.25, 0.3) is 0 Å². The lowest BCUT2D eigenvalue weighted by Crippen LogP contribution is -2.50. The third kappa shape index (κ3) is 5.35. The molecule has 2 saturated heterocycles. The number of aromatic nitrogens is 3. The maximum atomic E-state index is 15.8. The first-order valence-corrected chi connectivity index (χ1v) is 13.0. The third-order valence-electron chi connectivity index (χ3n) is 7.68. The predicted octanol–water partition coefficient (Wildman–Crippen LogP) is 5.28. The van der Waals surface area contributed by atoms with E-state index in [-0.39, 0.29) is 67.2 Å². The van der Waals surface area contributed by atoms with Crippen molar-refractivity contribution in [2.75, 3.05) is 25.1 Å². The zero-order valence-electron chi connectivity index (χ0n) is 21.5. The Hall–Kier alpha value is -3.15. The number of nitrogens with zero attached hydrogens (tertiary/aromatic N) is 3. The van der Waals surface area contributed by atoms with Crippen LogP contribution in [0, 0.1) is 24.0 Å². The number of aliphatic carboxylic acids is 1. The number of rotatable bonds is 8. The molecule has 2 aromatic heterocycles. The molecule has 0 spiro atoms. The Labute approximate surface area is 228 Å². The maximum absolute atomic E-state index is 15.8. The lowest BCUT2D eigenvalue weighted by atomic mass is 9.72. The van der Waals surface area contributed by atoms with Gasteiger partial charge >= 0.3 is 5.97 Å². The Morgan fingerprint density at radius 2 is 2.05 bits per heavy atom. The number of carbonyl (C=O) groups is 1. The van der Waals surface area contributed by atoms with Gasteiger partial charge in [-0.15, -0.1) is 0 Å². The minimum atomic E-state index is -2.03. The summed E-state index contributed by atoms with van der Waals surface area (Å²) in [6, 6.07) is 7.50. The highest BCUT2D eigenvalue weighted by molar-refractivity contribution is 6.30. The van der Waals surface area contributed by atoms with Crippen LogP contribution < -0.4 is 5.32 Å². The van der Waals surface area contributed by atoms with Crippen molar-refractivity contribution in [3.63, 3.8) is 0 Å². The zero-order valence-corrected chi connectivity index (χ0v) is 22.3. The Bertz CT molecular complexity index is 1400. The average Bonchev–Trinajstić information content (AvgIpc) is 3.28. The number of H-pyrrole nitrogens is 1. The van der Waals surface area contributed by atoms with Crippen molar-refractivity contribution in [3.05, 3.63) is 69.5 Å². The number of hydrogen-bond donors (Lipinski definition) is 3. The number of nitrogens with one attached hydrogen (secondary N) is 2. The number of piperidine rings is 1. The van der Waals surface area contributed by atoms with E-state index >= 15 is 8.78 Å². The van der Waals surface area contributed by atoms with Crippen LogP contribution in [0.5, 0.6) is 0 Å². The van der Waals surface area contributed by atoms with Crippen LogP contribution in [0.15, 0.2) is 30.3 Å². The topological polar surface area (TPSA) is 103 Å². The number of carboxylic acid groups (broad SMARTS) is 1.